The molecular weight excluding hydrogens is 468 g/mol. The smallest absolute Gasteiger partial charge is 0.263 e. The SMILES string of the molecule is COc1cc(Br)c(S(=O)(=O)Nc2ccc(Cl)c(CCCN(C)C)c2)cc1OC. The maximum Gasteiger partial charge on any atom is 0.263 e. The standard InChI is InChI=1S/C19H24BrClN2O4S/c1-23(2)9-5-6-13-10-14(7-8-16(13)21)22-28(24,25)19-12-18(27-4)17(26-3)11-15(19)20/h7-8,10-12,22H,5-6,9H2,1-4H3. The minimum atomic E-state index is -3.85. The molecule has 1 N–H and O–H groups in total. The van der Waals surface area contributed by atoms with Gasteiger partial charge in [0.1, 0.15) is 4.90 Å². The van der Waals surface area contributed by atoms with Crippen LogP contribution < -0.4 is 14.2 Å². The zero-order chi connectivity index (χ0) is 20.9. The number of rotatable bonds is 9. The highest BCUT2D eigenvalue weighted by Gasteiger charge is 2.22. The van der Waals surface area contributed by atoms with E-state index in [2.05, 4.69) is 25.6 Å². The number of halogens is 2. The molecule has 0 heterocycles. The third-order valence-electron chi connectivity index (χ3n) is 4.08. The molecule has 28 heavy (non-hydrogen) atoms. The van der Waals surface area contributed by atoms with Gasteiger partial charge in [0, 0.05) is 21.2 Å². The van der Waals surface area contributed by atoms with Crippen LogP contribution in [0.15, 0.2) is 39.7 Å². The van der Waals surface area contributed by atoms with E-state index >= 15 is 0 Å². The molecule has 0 bridgehead atoms. The van der Waals surface area contributed by atoms with Gasteiger partial charge in [0.25, 0.3) is 10.0 Å². The van der Waals surface area contributed by atoms with E-state index in [9.17, 15) is 8.42 Å². The fourth-order valence-corrected chi connectivity index (χ4v) is 4.97. The van der Waals surface area contributed by atoms with Gasteiger partial charge in [-0.25, -0.2) is 8.42 Å². The van der Waals surface area contributed by atoms with E-state index in [1.54, 1.807) is 24.3 Å². The first kappa shape index (κ1) is 22.8. The first-order valence-electron chi connectivity index (χ1n) is 8.55. The van der Waals surface area contributed by atoms with E-state index in [0.29, 0.717) is 26.7 Å². The topological polar surface area (TPSA) is 67.9 Å². The van der Waals surface area contributed by atoms with Crippen molar-refractivity contribution in [2.45, 2.75) is 17.7 Å². The van der Waals surface area contributed by atoms with Crippen molar-refractivity contribution in [1.29, 1.82) is 0 Å². The summed E-state index contributed by atoms with van der Waals surface area (Å²) in [7, 11) is 3.11. The van der Waals surface area contributed by atoms with Gasteiger partial charge in [-0.3, -0.25) is 4.72 Å². The third-order valence-corrected chi connectivity index (χ3v) is 6.79. The Morgan fingerprint density at radius 1 is 1.11 bits per heavy atom. The number of benzene rings is 2. The Labute approximate surface area is 180 Å². The molecule has 0 aliphatic carbocycles. The Hall–Kier alpha value is -1.48. The summed E-state index contributed by atoms with van der Waals surface area (Å²) in [5.41, 5.74) is 1.35. The van der Waals surface area contributed by atoms with Crippen LogP contribution in [-0.2, 0) is 16.4 Å². The van der Waals surface area contributed by atoms with Gasteiger partial charge in [0.2, 0.25) is 0 Å². The van der Waals surface area contributed by atoms with Crippen LogP contribution in [0.25, 0.3) is 0 Å². The second-order valence-corrected chi connectivity index (χ2v) is 9.37. The molecule has 0 fully saturated rings. The maximum atomic E-state index is 12.9. The van der Waals surface area contributed by atoms with Crippen molar-refractivity contribution in [3.63, 3.8) is 0 Å². The highest BCUT2D eigenvalue weighted by Crippen LogP contribution is 2.36. The van der Waals surface area contributed by atoms with Crippen LogP contribution in [0.2, 0.25) is 5.02 Å². The number of sulfonamides is 1. The van der Waals surface area contributed by atoms with Gasteiger partial charge in [-0.2, -0.15) is 0 Å². The first-order valence-corrected chi connectivity index (χ1v) is 11.2. The minimum Gasteiger partial charge on any atom is -0.493 e. The van der Waals surface area contributed by atoms with Crippen molar-refractivity contribution in [1.82, 2.24) is 4.90 Å². The number of aryl methyl sites for hydroxylation is 1. The molecule has 0 aliphatic rings. The van der Waals surface area contributed by atoms with E-state index in [1.165, 1.54) is 20.3 Å². The number of methoxy groups -OCH3 is 2. The molecule has 0 saturated heterocycles. The molecule has 0 unspecified atom stereocenters. The van der Waals surface area contributed by atoms with Crippen LogP contribution in [0.1, 0.15) is 12.0 Å². The van der Waals surface area contributed by atoms with Crippen LogP contribution in [0, 0.1) is 0 Å². The van der Waals surface area contributed by atoms with Crippen molar-refractivity contribution >= 4 is 43.2 Å². The number of anilines is 1. The molecule has 0 spiro atoms. The van der Waals surface area contributed by atoms with E-state index in [-0.39, 0.29) is 4.90 Å². The summed E-state index contributed by atoms with van der Waals surface area (Å²) in [5.74, 6) is 0.759. The van der Waals surface area contributed by atoms with E-state index < -0.39 is 10.0 Å². The molecule has 0 radical (unpaired) electrons. The quantitative estimate of drug-likeness (QED) is 0.562. The molecule has 154 valence electrons. The predicted molar refractivity (Wildman–Crippen MR) is 116 cm³/mol. The lowest BCUT2D eigenvalue weighted by molar-refractivity contribution is 0.353. The predicted octanol–water partition coefficient (Wildman–Crippen LogP) is 4.41. The monoisotopic (exact) mass is 490 g/mol. The summed E-state index contributed by atoms with van der Waals surface area (Å²) in [4.78, 5) is 2.14. The van der Waals surface area contributed by atoms with Crippen molar-refractivity contribution in [2.24, 2.45) is 0 Å². The Morgan fingerprint density at radius 2 is 1.75 bits per heavy atom. The molecule has 6 nitrogen and oxygen atoms in total. The van der Waals surface area contributed by atoms with Gasteiger partial charge in [0.15, 0.2) is 11.5 Å². The summed E-state index contributed by atoms with van der Waals surface area (Å²) in [6.07, 6.45) is 1.68. The van der Waals surface area contributed by atoms with E-state index in [0.717, 1.165) is 24.9 Å². The molecule has 0 amide bonds. The summed E-state index contributed by atoms with van der Waals surface area (Å²) in [6.45, 7) is 0.922. The first-order chi connectivity index (χ1) is 13.2. The summed E-state index contributed by atoms with van der Waals surface area (Å²) < 4.78 is 39.2. The van der Waals surface area contributed by atoms with Gasteiger partial charge < -0.3 is 14.4 Å². The molecule has 9 heteroatoms. The fraction of sp³-hybridized carbons (Fsp3) is 0.368. The van der Waals surface area contributed by atoms with Gasteiger partial charge >= 0.3 is 0 Å². The lowest BCUT2D eigenvalue weighted by Crippen LogP contribution is -2.15. The zero-order valence-corrected chi connectivity index (χ0v) is 19.4. The second kappa shape index (κ2) is 9.82. The van der Waals surface area contributed by atoms with Gasteiger partial charge in [0.05, 0.1) is 14.2 Å². The second-order valence-electron chi connectivity index (χ2n) is 6.46. The lowest BCUT2D eigenvalue weighted by atomic mass is 10.1. The van der Waals surface area contributed by atoms with Gasteiger partial charge in [-0.1, -0.05) is 11.6 Å². The maximum absolute atomic E-state index is 12.9. The fourth-order valence-electron chi connectivity index (χ4n) is 2.67. The van der Waals surface area contributed by atoms with Gasteiger partial charge in [-0.15, -0.1) is 0 Å². The van der Waals surface area contributed by atoms with Crippen LogP contribution in [0.5, 0.6) is 11.5 Å². The Balaban J connectivity index is 2.29. The highest BCUT2D eigenvalue weighted by atomic mass is 79.9. The number of nitrogens with one attached hydrogen (secondary N) is 1. The molecule has 0 saturated carbocycles. The Kier molecular flexibility index (Phi) is 8.00. The van der Waals surface area contributed by atoms with Crippen LogP contribution in [0.3, 0.4) is 0 Å². The van der Waals surface area contributed by atoms with Crippen molar-refractivity contribution in [3.05, 3.63) is 45.4 Å². The van der Waals surface area contributed by atoms with Crippen molar-refractivity contribution in [2.75, 3.05) is 39.6 Å². The number of hydrogen-bond donors (Lipinski definition) is 1. The Morgan fingerprint density at radius 3 is 2.36 bits per heavy atom. The molecule has 2 aromatic carbocycles. The minimum absolute atomic E-state index is 0.0502. The van der Waals surface area contributed by atoms with E-state index in [4.69, 9.17) is 21.1 Å². The van der Waals surface area contributed by atoms with Crippen molar-refractivity contribution < 1.29 is 17.9 Å². The number of nitrogens with zero attached hydrogens (tertiary/aromatic N) is 1. The molecule has 2 aromatic rings. The molecule has 2 rings (SSSR count). The zero-order valence-electron chi connectivity index (χ0n) is 16.3. The molecular formula is C19H24BrClN2O4S. The van der Waals surface area contributed by atoms with Crippen LogP contribution in [-0.4, -0.2) is 48.2 Å². The largest absolute Gasteiger partial charge is 0.493 e. The average molecular weight is 492 g/mol. The summed E-state index contributed by atoms with van der Waals surface area (Å²) >= 11 is 9.56. The number of hydrogen-bond acceptors (Lipinski definition) is 5. The van der Waals surface area contributed by atoms with Crippen molar-refractivity contribution in [3.8, 4) is 11.5 Å². The highest BCUT2D eigenvalue weighted by molar-refractivity contribution is 9.10. The average Bonchev–Trinajstić information content (AvgIpc) is 2.63. The number of ether oxygens (including phenoxy) is 2. The third kappa shape index (κ3) is 5.76. The molecule has 0 atom stereocenters. The Bertz CT molecular complexity index is 936. The summed E-state index contributed by atoms with van der Waals surface area (Å²) in [5, 5.41) is 0.619. The van der Waals surface area contributed by atoms with E-state index in [1.807, 2.05) is 14.1 Å². The summed E-state index contributed by atoms with van der Waals surface area (Å²) in [6, 6.07) is 8.09. The van der Waals surface area contributed by atoms with Gasteiger partial charge in [-0.05, 0) is 79.2 Å². The molecule has 0 aromatic heterocycles. The molecule has 0 aliphatic heterocycles. The van der Waals surface area contributed by atoms with Crippen LogP contribution in [0.4, 0.5) is 5.69 Å². The van der Waals surface area contributed by atoms with Crippen LogP contribution >= 0.6 is 27.5 Å². The normalized spacial score (nSPS) is 11.5. The lowest BCUT2D eigenvalue weighted by Gasteiger charge is -2.15.